The van der Waals surface area contributed by atoms with Crippen LogP contribution < -0.4 is 5.32 Å². The predicted molar refractivity (Wildman–Crippen MR) is 66.0 cm³/mol. The minimum Gasteiger partial charge on any atom is -0.377 e. The summed E-state index contributed by atoms with van der Waals surface area (Å²) in [6, 6.07) is 0. The molecule has 0 amide bonds. The standard InChI is InChI=1S/C13H25NO3/c1-13(16-9-10-17-13)6-3-2-4-8-15-12-5-7-14-11-12/h12,14H,2-11H2,1H3. The Hall–Kier alpha value is -0.160. The lowest BCUT2D eigenvalue weighted by Gasteiger charge is -2.21. The van der Waals surface area contributed by atoms with E-state index in [1.54, 1.807) is 0 Å². The van der Waals surface area contributed by atoms with Crippen LogP contribution >= 0.6 is 0 Å². The summed E-state index contributed by atoms with van der Waals surface area (Å²) in [5.74, 6) is -0.309. The average molecular weight is 243 g/mol. The summed E-state index contributed by atoms with van der Waals surface area (Å²) in [5, 5.41) is 3.31. The van der Waals surface area contributed by atoms with Gasteiger partial charge in [-0.3, -0.25) is 0 Å². The molecule has 2 saturated heterocycles. The van der Waals surface area contributed by atoms with Gasteiger partial charge in [0.25, 0.3) is 0 Å². The highest BCUT2D eigenvalue weighted by molar-refractivity contribution is 4.71. The molecule has 1 unspecified atom stereocenters. The first-order valence-corrected chi connectivity index (χ1v) is 6.89. The van der Waals surface area contributed by atoms with Crippen molar-refractivity contribution in [3.8, 4) is 0 Å². The van der Waals surface area contributed by atoms with Crippen LogP contribution in [0.4, 0.5) is 0 Å². The summed E-state index contributed by atoms with van der Waals surface area (Å²) in [6.07, 6.45) is 6.12. The second kappa shape index (κ2) is 6.69. The lowest BCUT2D eigenvalue weighted by atomic mass is 10.1. The molecule has 2 aliphatic heterocycles. The zero-order valence-corrected chi connectivity index (χ0v) is 10.9. The summed E-state index contributed by atoms with van der Waals surface area (Å²) < 4.78 is 16.9. The molecule has 0 saturated carbocycles. The maximum absolute atomic E-state index is 5.78. The molecule has 0 spiro atoms. The fourth-order valence-electron chi connectivity index (χ4n) is 2.45. The average Bonchev–Trinajstić information content (AvgIpc) is 2.95. The molecule has 4 nitrogen and oxygen atoms in total. The molecule has 100 valence electrons. The Bertz CT molecular complexity index is 211. The van der Waals surface area contributed by atoms with Crippen molar-refractivity contribution < 1.29 is 14.2 Å². The normalized spacial score (nSPS) is 27.7. The highest BCUT2D eigenvalue weighted by Crippen LogP contribution is 2.24. The van der Waals surface area contributed by atoms with Gasteiger partial charge in [0.15, 0.2) is 5.79 Å². The van der Waals surface area contributed by atoms with E-state index in [1.165, 1.54) is 12.8 Å². The largest absolute Gasteiger partial charge is 0.377 e. The summed E-state index contributed by atoms with van der Waals surface area (Å²) in [6.45, 7) is 6.56. The van der Waals surface area contributed by atoms with Gasteiger partial charge in [0.2, 0.25) is 0 Å². The van der Waals surface area contributed by atoms with Crippen LogP contribution in [0.2, 0.25) is 0 Å². The van der Waals surface area contributed by atoms with Crippen LogP contribution in [-0.4, -0.2) is 44.8 Å². The van der Waals surface area contributed by atoms with E-state index in [2.05, 4.69) is 5.32 Å². The van der Waals surface area contributed by atoms with Crippen LogP contribution in [0.5, 0.6) is 0 Å². The summed E-state index contributed by atoms with van der Waals surface area (Å²) in [5.41, 5.74) is 0. The predicted octanol–water partition coefficient (Wildman–Crippen LogP) is 1.69. The molecule has 2 rings (SSSR count). The number of hydrogen-bond acceptors (Lipinski definition) is 4. The zero-order chi connectivity index (χ0) is 12.0. The van der Waals surface area contributed by atoms with E-state index >= 15 is 0 Å². The minimum absolute atomic E-state index is 0.309. The Morgan fingerprint density at radius 2 is 2.06 bits per heavy atom. The molecule has 0 bridgehead atoms. The third-order valence-corrected chi connectivity index (χ3v) is 3.54. The number of ether oxygens (including phenoxy) is 3. The fourth-order valence-corrected chi connectivity index (χ4v) is 2.45. The molecule has 17 heavy (non-hydrogen) atoms. The van der Waals surface area contributed by atoms with E-state index in [9.17, 15) is 0 Å². The topological polar surface area (TPSA) is 39.7 Å². The minimum atomic E-state index is -0.309. The fraction of sp³-hybridized carbons (Fsp3) is 1.00. The SMILES string of the molecule is CC1(CCCCCOC2CCNC2)OCCO1. The number of unbranched alkanes of at least 4 members (excludes halogenated alkanes) is 2. The van der Waals surface area contributed by atoms with Crippen molar-refractivity contribution in [3.05, 3.63) is 0 Å². The van der Waals surface area contributed by atoms with Crippen molar-refractivity contribution in [2.75, 3.05) is 32.9 Å². The van der Waals surface area contributed by atoms with E-state index in [0.717, 1.165) is 52.2 Å². The van der Waals surface area contributed by atoms with Gasteiger partial charge in [-0.1, -0.05) is 6.42 Å². The maximum atomic E-state index is 5.78. The Kier molecular flexibility index (Phi) is 5.22. The van der Waals surface area contributed by atoms with Crippen molar-refractivity contribution in [1.82, 2.24) is 5.32 Å². The highest BCUT2D eigenvalue weighted by Gasteiger charge is 2.29. The van der Waals surface area contributed by atoms with E-state index in [-0.39, 0.29) is 5.79 Å². The summed E-state index contributed by atoms with van der Waals surface area (Å²) in [4.78, 5) is 0. The number of nitrogens with one attached hydrogen (secondary N) is 1. The summed E-state index contributed by atoms with van der Waals surface area (Å²) >= 11 is 0. The third kappa shape index (κ3) is 4.54. The van der Waals surface area contributed by atoms with Gasteiger partial charge in [-0.05, 0) is 32.7 Å². The summed E-state index contributed by atoms with van der Waals surface area (Å²) in [7, 11) is 0. The molecule has 1 atom stereocenters. The van der Waals surface area contributed by atoms with E-state index in [0.29, 0.717) is 6.10 Å². The van der Waals surface area contributed by atoms with Gasteiger partial charge < -0.3 is 19.5 Å². The van der Waals surface area contributed by atoms with E-state index in [1.807, 2.05) is 6.92 Å². The maximum Gasteiger partial charge on any atom is 0.165 e. The molecular weight excluding hydrogens is 218 g/mol. The van der Waals surface area contributed by atoms with E-state index in [4.69, 9.17) is 14.2 Å². The van der Waals surface area contributed by atoms with Gasteiger partial charge in [-0.2, -0.15) is 0 Å². The van der Waals surface area contributed by atoms with Gasteiger partial charge >= 0.3 is 0 Å². The van der Waals surface area contributed by atoms with Crippen LogP contribution in [0.3, 0.4) is 0 Å². The number of hydrogen-bond donors (Lipinski definition) is 1. The molecular formula is C13H25NO3. The first-order valence-electron chi connectivity index (χ1n) is 6.89. The Labute approximate surface area is 104 Å². The van der Waals surface area contributed by atoms with Crippen molar-refractivity contribution in [2.24, 2.45) is 0 Å². The Balaban J connectivity index is 1.43. The molecule has 0 aliphatic carbocycles. The molecule has 2 fully saturated rings. The van der Waals surface area contributed by atoms with Crippen LogP contribution in [0, 0.1) is 0 Å². The van der Waals surface area contributed by atoms with Crippen molar-refractivity contribution in [3.63, 3.8) is 0 Å². The van der Waals surface area contributed by atoms with Crippen molar-refractivity contribution in [2.45, 2.75) is 50.9 Å². The van der Waals surface area contributed by atoms with Crippen LogP contribution in [0.25, 0.3) is 0 Å². The highest BCUT2D eigenvalue weighted by atomic mass is 16.7. The Morgan fingerprint density at radius 1 is 1.24 bits per heavy atom. The second-order valence-corrected chi connectivity index (χ2v) is 5.13. The zero-order valence-electron chi connectivity index (χ0n) is 10.9. The quantitative estimate of drug-likeness (QED) is 0.691. The smallest absolute Gasteiger partial charge is 0.165 e. The lowest BCUT2D eigenvalue weighted by molar-refractivity contribution is -0.147. The Morgan fingerprint density at radius 3 is 2.76 bits per heavy atom. The molecule has 4 heteroatoms. The molecule has 0 radical (unpaired) electrons. The lowest BCUT2D eigenvalue weighted by Crippen LogP contribution is -2.25. The third-order valence-electron chi connectivity index (χ3n) is 3.54. The van der Waals surface area contributed by atoms with Gasteiger partial charge in [0.05, 0.1) is 19.3 Å². The van der Waals surface area contributed by atoms with Gasteiger partial charge in [-0.15, -0.1) is 0 Å². The van der Waals surface area contributed by atoms with Gasteiger partial charge in [0, 0.05) is 19.6 Å². The van der Waals surface area contributed by atoms with Crippen molar-refractivity contribution >= 4 is 0 Å². The van der Waals surface area contributed by atoms with Crippen molar-refractivity contribution in [1.29, 1.82) is 0 Å². The molecule has 0 aromatic heterocycles. The van der Waals surface area contributed by atoms with Gasteiger partial charge in [-0.25, -0.2) is 0 Å². The molecule has 2 aliphatic rings. The molecule has 0 aromatic rings. The first-order chi connectivity index (χ1) is 8.29. The van der Waals surface area contributed by atoms with Crippen LogP contribution in [-0.2, 0) is 14.2 Å². The number of rotatable bonds is 7. The van der Waals surface area contributed by atoms with Crippen LogP contribution in [0.1, 0.15) is 39.0 Å². The molecule has 1 N–H and O–H groups in total. The molecule has 0 aromatic carbocycles. The van der Waals surface area contributed by atoms with Crippen LogP contribution in [0.15, 0.2) is 0 Å². The molecule has 2 heterocycles. The van der Waals surface area contributed by atoms with Gasteiger partial charge in [0.1, 0.15) is 0 Å². The van der Waals surface area contributed by atoms with E-state index < -0.39 is 0 Å². The monoisotopic (exact) mass is 243 g/mol. The first kappa shape index (κ1) is 13.3. The second-order valence-electron chi connectivity index (χ2n) is 5.13.